The Labute approximate surface area is 91.7 Å². The maximum atomic E-state index is 9.13. The summed E-state index contributed by atoms with van der Waals surface area (Å²) in [5, 5.41) is 9.13. The average molecular weight is 137 g/mol. The van der Waals surface area contributed by atoms with Crippen LogP contribution in [0, 0.1) is 0 Å². The minimum absolute atomic E-state index is 0. The van der Waals surface area contributed by atoms with E-state index in [1.54, 1.807) is 0 Å². The van der Waals surface area contributed by atoms with Crippen molar-refractivity contribution in [1.29, 1.82) is 0 Å². The topological polar surface area (TPSA) is 96.2 Å². The van der Waals surface area contributed by atoms with Crippen LogP contribution in [0.15, 0.2) is 0 Å². The number of rotatable bonds is 1. The van der Waals surface area contributed by atoms with E-state index in [0.29, 0.717) is 0 Å². The second-order valence-electron chi connectivity index (χ2n) is 0.576. The molecule has 8 heavy (non-hydrogen) atoms. The molecule has 0 unspecified atom stereocenters. The minimum Gasteiger partial charge on any atom is -0.870 e. The molecule has 0 aromatic carbocycles. The molecule has 3 N–H and O–H groups in total. The molecule has 0 atom stereocenters. The average Bonchev–Trinajstić information content (AvgIpc) is 1.38. The third-order valence-corrected chi connectivity index (χ3v) is 0.167. The molecule has 38 valence electrons. The van der Waals surface area contributed by atoms with Crippen LogP contribution in [0.4, 0.5) is 0 Å². The van der Waals surface area contributed by atoms with Gasteiger partial charge in [-0.15, -0.1) is 0 Å². The largest absolute Gasteiger partial charge is 1.00 e. The van der Waals surface area contributed by atoms with Crippen LogP contribution in [0.3, 0.4) is 0 Å². The van der Waals surface area contributed by atoms with Crippen molar-refractivity contribution < 1.29 is 74.5 Å². The molecule has 0 heterocycles. The van der Waals surface area contributed by atoms with Crippen molar-refractivity contribution in [2.24, 2.45) is 5.73 Å². The predicted molar refractivity (Wildman–Crippen MR) is 16.0 cm³/mol. The first-order valence-electron chi connectivity index (χ1n) is 1.17. The number of carbonyl (C=O) groups excluding carboxylic acids is 1. The van der Waals surface area contributed by atoms with E-state index in [4.69, 9.17) is 9.90 Å². The second-order valence-corrected chi connectivity index (χ2v) is 0.576. The van der Waals surface area contributed by atoms with Gasteiger partial charge in [0.25, 0.3) is 0 Å². The zero-order chi connectivity index (χ0) is 4.28. The fraction of sp³-hybridized carbons (Fsp3) is 0.500. The number of carbonyl (C=O) groups is 1. The van der Waals surface area contributed by atoms with E-state index in [2.05, 4.69) is 5.73 Å². The van der Waals surface area contributed by atoms with E-state index in [1.165, 1.54) is 0 Å². The van der Waals surface area contributed by atoms with Crippen molar-refractivity contribution in [3.8, 4) is 0 Å². The monoisotopic (exact) mass is 137 g/mol. The van der Waals surface area contributed by atoms with Gasteiger partial charge in [0.1, 0.15) is 0 Å². The van der Waals surface area contributed by atoms with E-state index in [9.17, 15) is 0 Å². The summed E-state index contributed by atoms with van der Waals surface area (Å²) in [5.74, 6) is -1.22. The van der Waals surface area contributed by atoms with Crippen molar-refractivity contribution >= 4 is 5.97 Å². The van der Waals surface area contributed by atoms with Crippen LogP contribution in [0.2, 0.25) is 0 Å². The maximum absolute atomic E-state index is 9.13. The van der Waals surface area contributed by atoms with Gasteiger partial charge in [0.2, 0.25) is 0 Å². The first kappa shape index (κ1) is 22.8. The molecule has 6 heteroatoms. The number of hydrogen-bond acceptors (Lipinski definition) is 4. The van der Waals surface area contributed by atoms with Gasteiger partial charge in [-0.25, -0.2) is 0 Å². The fourth-order valence-electron chi connectivity index (χ4n) is 0. The molecule has 0 radical (unpaired) electrons. The first-order chi connectivity index (χ1) is 2.27. The molecule has 0 aliphatic carbocycles. The summed E-state index contributed by atoms with van der Waals surface area (Å²) in [6.07, 6.45) is 0. The van der Waals surface area contributed by atoms with Crippen molar-refractivity contribution in [1.82, 2.24) is 0 Å². The van der Waals surface area contributed by atoms with Gasteiger partial charge in [0, 0.05) is 6.54 Å². The van der Waals surface area contributed by atoms with Crippen molar-refractivity contribution in [2.75, 3.05) is 6.54 Å². The second kappa shape index (κ2) is 15.8. The molecule has 0 spiro atoms. The van der Waals surface area contributed by atoms with Crippen molar-refractivity contribution in [3.63, 3.8) is 0 Å². The summed E-state index contributed by atoms with van der Waals surface area (Å²) < 4.78 is 0. The maximum Gasteiger partial charge on any atom is 1.00 e. The zero-order valence-electron chi connectivity index (χ0n) is 5.05. The van der Waals surface area contributed by atoms with Crippen LogP contribution in [0.5, 0.6) is 0 Å². The van der Waals surface area contributed by atoms with E-state index >= 15 is 0 Å². The first-order valence-corrected chi connectivity index (χ1v) is 1.17. The van der Waals surface area contributed by atoms with E-state index in [0.717, 1.165) is 0 Å². The Kier molecular flexibility index (Phi) is 44.9. The summed E-state index contributed by atoms with van der Waals surface area (Å²) in [6, 6.07) is 0. The number of aliphatic carboxylic acids is 1. The molecule has 0 rings (SSSR count). The summed E-state index contributed by atoms with van der Waals surface area (Å²) in [5.41, 5.74) is 4.51. The van der Waals surface area contributed by atoms with Gasteiger partial charge >= 0.3 is 59.1 Å². The summed E-state index contributed by atoms with van der Waals surface area (Å²) in [6.45, 7) is -0.389. The SMILES string of the molecule is NCC(=O)[O-].[Na+].[Na+].[OH-]. The molecule has 0 aliphatic rings. The molecular weight excluding hydrogens is 132 g/mol. The fourth-order valence-corrected chi connectivity index (χ4v) is 0. The molecule has 0 saturated carbocycles. The molecule has 0 fully saturated rings. The van der Waals surface area contributed by atoms with Gasteiger partial charge in [-0.1, -0.05) is 0 Å². The smallest absolute Gasteiger partial charge is 0.870 e. The van der Waals surface area contributed by atoms with Gasteiger partial charge in [-0.3, -0.25) is 0 Å². The normalized spacial score (nSPS) is 4.62. The van der Waals surface area contributed by atoms with Crippen LogP contribution in [0.1, 0.15) is 0 Å². The molecule has 0 aromatic rings. The molecular formula is C2H5NNa2O3. The van der Waals surface area contributed by atoms with Crippen LogP contribution in [-0.4, -0.2) is 18.0 Å². The number of hydrogen-bond donors (Lipinski definition) is 1. The molecule has 0 bridgehead atoms. The predicted octanol–water partition coefficient (Wildman–Crippen LogP) is -8.47. The van der Waals surface area contributed by atoms with Gasteiger partial charge in [0.15, 0.2) is 0 Å². The number of carboxylic acids is 1. The number of carboxylic acid groups (broad SMARTS) is 1. The Balaban J connectivity index is -0.0000000267. The summed E-state index contributed by atoms with van der Waals surface area (Å²) >= 11 is 0. The Morgan fingerprint density at radius 3 is 1.62 bits per heavy atom. The Hall–Kier alpha value is 1.39. The van der Waals surface area contributed by atoms with Gasteiger partial charge in [-0.05, 0) is 0 Å². The van der Waals surface area contributed by atoms with Gasteiger partial charge < -0.3 is 21.1 Å². The summed E-state index contributed by atoms with van der Waals surface area (Å²) in [4.78, 5) is 9.13. The Bertz CT molecular complexity index is 50.5. The molecule has 0 amide bonds. The Morgan fingerprint density at radius 2 is 1.62 bits per heavy atom. The number of nitrogens with two attached hydrogens (primary N) is 1. The van der Waals surface area contributed by atoms with Crippen LogP contribution >= 0.6 is 0 Å². The molecule has 4 nitrogen and oxygen atoms in total. The van der Waals surface area contributed by atoms with E-state index in [1.807, 2.05) is 0 Å². The third kappa shape index (κ3) is 26.3. The van der Waals surface area contributed by atoms with Crippen molar-refractivity contribution in [3.05, 3.63) is 0 Å². The quantitative estimate of drug-likeness (QED) is 0.363. The molecule has 0 aromatic heterocycles. The molecule has 0 aliphatic heterocycles. The Morgan fingerprint density at radius 1 is 1.50 bits per heavy atom. The van der Waals surface area contributed by atoms with E-state index in [-0.39, 0.29) is 71.1 Å². The third-order valence-electron chi connectivity index (χ3n) is 0.167. The molecule has 0 saturated heterocycles. The van der Waals surface area contributed by atoms with Crippen LogP contribution < -0.4 is 70.0 Å². The van der Waals surface area contributed by atoms with Crippen LogP contribution in [0.25, 0.3) is 0 Å². The van der Waals surface area contributed by atoms with Crippen molar-refractivity contribution in [2.45, 2.75) is 0 Å². The summed E-state index contributed by atoms with van der Waals surface area (Å²) in [7, 11) is 0. The minimum atomic E-state index is -1.22. The van der Waals surface area contributed by atoms with E-state index < -0.39 is 5.97 Å². The van der Waals surface area contributed by atoms with Crippen LogP contribution in [-0.2, 0) is 4.79 Å². The zero-order valence-corrected chi connectivity index (χ0v) is 9.05. The van der Waals surface area contributed by atoms with Gasteiger partial charge in [0.05, 0.1) is 5.97 Å². The standard InChI is InChI=1S/C2H5NO2.2Na.H2O/c3-1-2(4)5;;;/h1,3H2,(H,4,5);;;1H2/q;2*+1;/p-2. The van der Waals surface area contributed by atoms with Gasteiger partial charge in [-0.2, -0.15) is 0 Å².